The van der Waals surface area contributed by atoms with E-state index in [0.29, 0.717) is 0 Å². The number of hydrogen-bond donors (Lipinski definition) is 2. The smallest absolute Gasteiger partial charge is 0.211 e. The van der Waals surface area contributed by atoms with E-state index in [4.69, 9.17) is 11.5 Å². The van der Waals surface area contributed by atoms with Gasteiger partial charge in [-0.2, -0.15) is 5.10 Å². The van der Waals surface area contributed by atoms with Gasteiger partial charge in [-0.15, -0.1) is 16.4 Å². The zero-order valence-electron chi connectivity index (χ0n) is 6.07. The highest BCUT2D eigenvalue weighted by atomic mass is 79.9. The molecule has 4 N–H and O–H groups in total. The summed E-state index contributed by atoms with van der Waals surface area (Å²) in [4.78, 5) is 0.992. The summed E-state index contributed by atoms with van der Waals surface area (Å²) in [5.41, 5.74) is 10.1. The van der Waals surface area contributed by atoms with Crippen LogP contribution in [0.3, 0.4) is 0 Å². The van der Waals surface area contributed by atoms with E-state index in [1.54, 1.807) is 17.6 Å². The van der Waals surface area contributed by atoms with Crippen molar-refractivity contribution in [3.63, 3.8) is 0 Å². The van der Waals surface area contributed by atoms with Crippen LogP contribution in [0.15, 0.2) is 26.1 Å². The molecule has 0 aliphatic heterocycles. The van der Waals surface area contributed by atoms with Crippen LogP contribution in [0.4, 0.5) is 0 Å². The number of guanidine groups is 1. The van der Waals surface area contributed by atoms with E-state index in [1.807, 2.05) is 12.1 Å². The number of rotatable bonds is 2. The van der Waals surface area contributed by atoms with Crippen LogP contribution in [0.25, 0.3) is 0 Å². The largest absolute Gasteiger partial charge is 0.369 e. The Labute approximate surface area is 82.1 Å². The number of thiophene rings is 1. The Hall–Kier alpha value is -0.880. The summed E-state index contributed by atoms with van der Waals surface area (Å²) in [6.07, 6.45) is 1.59. The van der Waals surface area contributed by atoms with Gasteiger partial charge in [-0.25, -0.2) is 0 Å². The summed E-state index contributed by atoms with van der Waals surface area (Å²) < 4.78 is 1.05. The van der Waals surface area contributed by atoms with Crippen LogP contribution in [-0.4, -0.2) is 12.2 Å². The summed E-state index contributed by atoms with van der Waals surface area (Å²) in [7, 11) is 0. The molecule has 64 valence electrons. The van der Waals surface area contributed by atoms with Crippen molar-refractivity contribution in [1.82, 2.24) is 0 Å². The predicted molar refractivity (Wildman–Crippen MR) is 55.4 cm³/mol. The zero-order valence-corrected chi connectivity index (χ0v) is 8.47. The molecule has 0 saturated carbocycles. The van der Waals surface area contributed by atoms with Gasteiger partial charge in [0.25, 0.3) is 0 Å². The van der Waals surface area contributed by atoms with E-state index in [0.717, 1.165) is 8.66 Å². The molecule has 1 aromatic rings. The van der Waals surface area contributed by atoms with Crippen LogP contribution in [0.2, 0.25) is 0 Å². The Bertz CT molecular complexity index is 313. The van der Waals surface area contributed by atoms with Gasteiger partial charge in [0.1, 0.15) is 0 Å². The fourth-order valence-electron chi connectivity index (χ4n) is 0.550. The summed E-state index contributed by atoms with van der Waals surface area (Å²) >= 11 is 4.88. The van der Waals surface area contributed by atoms with Crippen molar-refractivity contribution in [2.45, 2.75) is 0 Å². The second-order valence-corrected chi connectivity index (χ2v) is 4.41. The Morgan fingerprint density at radius 2 is 2.25 bits per heavy atom. The fraction of sp³-hybridized carbons (Fsp3) is 0. The quantitative estimate of drug-likeness (QED) is 0.466. The van der Waals surface area contributed by atoms with Crippen LogP contribution >= 0.6 is 27.3 Å². The summed E-state index contributed by atoms with van der Waals surface area (Å²) in [5.74, 6) is -0.0399. The zero-order chi connectivity index (χ0) is 8.97. The first-order chi connectivity index (χ1) is 5.68. The normalized spacial score (nSPS) is 10.4. The van der Waals surface area contributed by atoms with Gasteiger partial charge >= 0.3 is 0 Å². The molecule has 0 aliphatic rings. The second-order valence-electron chi connectivity index (χ2n) is 1.91. The van der Waals surface area contributed by atoms with Crippen LogP contribution in [0.5, 0.6) is 0 Å². The van der Waals surface area contributed by atoms with Gasteiger partial charge in [0.05, 0.1) is 10.0 Å². The minimum absolute atomic E-state index is 0.0399. The van der Waals surface area contributed by atoms with Gasteiger partial charge in [0.2, 0.25) is 5.96 Å². The van der Waals surface area contributed by atoms with Crippen molar-refractivity contribution in [1.29, 1.82) is 0 Å². The standard InChI is InChI=1S/C6H7BrN4S/c7-5-2-1-4(12-5)3-10-11-6(8)9/h1-3H,(H4,8,9,11). The number of hydrogen-bond acceptors (Lipinski definition) is 3. The van der Waals surface area contributed by atoms with Crippen LogP contribution < -0.4 is 11.5 Å². The van der Waals surface area contributed by atoms with Gasteiger partial charge < -0.3 is 11.5 Å². The van der Waals surface area contributed by atoms with Crippen molar-refractivity contribution in [2.75, 3.05) is 0 Å². The van der Waals surface area contributed by atoms with Crippen molar-refractivity contribution in [3.8, 4) is 0 Å². The molecule has 0 saturated heterocycles. The Morgan fingerprint density at radius 1 is 1.50 bits per heavy atom. The van der Waals surface area contributed by atoms with Crippen molar-refractivity contribution in [3.05, 3.63) is 20.8 Å². The molecule has 0 unspecified atom stereocenters. The topological polar surface area (TPSA) is 76.8 Å². The fourth-order valence-corrected chi connectivity index (χ4v) is 1.84. The van der Waals surface area contributed by atoms with Crippen molar-refractivity contribution < 1.29 is 0 Å². The molecule has 6 heteroatoms. The Kier molecular flexibility index (Phi) is 3.24. The second kappa shape index (κ2) is 4.22. The molecule has 4 nitrogen and oxygen atoms in total. The lowest BCUT2D eigenvalue weighted by Gasteiger charge is -1.82. The molecule has 1 aromatic heterocycles. The summed E-state index contributed by atoms with van der Waals surface area (Å²) in [5, 5.41) is 7.12. The van der Waals surface area contributed by atoms with Gasteiger partial charge in [0, 0.05) is 4.88 Å². The Balaban J connectivity index is 2.64. The van der Waals surface area contributed by atoms with Gasteiger partial charge in [-0.3, -0.25) is 0 Å². The highest BCUT2D eigenvalue weighted by Crippen LogP contribution is 2.20. The minimum atomic E-state index is -0.0399. The molecule has 1 rings (SSSR count). The molecule has 0 atom stereocenters. The third-order valence-corrected chi connectivity index (χ3v) is 2.51. The van der Waals surface area contributed by atoms with E-state index in [2.05, 4.69) is 26.1 Å². The predicted octanol–water partition coefficient (Wildman–Crippen LogP) is 1.12. The minimum Gasteiger partial charge on any atom is -0.369 e. The molecule has 0 spiro atoms. The lowest BCUT2D eigenvalue weighted by Crippen LogP contribution is -2.21. The van der Waals surface area contributed by atoms with Gasteiger partial charge in [0.15, 0.2) is 0 Å². The summed E-state index contributed by atoms with van der Waals surface area (Å²) in [6.45, 7) is 0. The lowest BCUT2D eigenvalue weighted by atomic mass is 10.5. The third kappa shape index (κ3) is 3.02. The first-order valence-electron chi connectivity index (χ1n) is 3.06. The van der Waals surface area contributed by atoms with Gasteiger partial charge in [-0.1, -0.05) is 0 Å². The maximum Gasteiger partial charge on any atom is 0.211 e. The van der Waals surface area contributed by atoms with E-state index in [9.17, 15) is 0 Å². The molecular weight excluding hydrogens is 240 g/mol. The first kappa shape index (κ1) is 9.21. The lowest BCUT2D eigenvalue weighted by molar-refractivity contribution is 1.22. The molecule has 0 aromatic carbocycles. The molecule has 0 amide bonds. The molecule has 0 radical (unpaired) electrons. The first-order valence-corrected chi connectivity index (χ1v) is 4.67. The van der Waals surface area contributed by atoms with Crippen molar-refractivity contribution >= 4 is 39.4 Å². The van der Waals surface area contributed by atoms with E-state index in [1.165, 1.54) is 0 Å². The molecule has 12 heavy (non-hydrogen) atoms. The molecule has 0 fully saturated rings. The van der Waals surface area contributed by atoms with E-state index < -0.39 is 0 Å². The summed E-state index contributed by atoms with van der Waals surface area (Å²) in [6, 6.07) is 3.85. The van der Waals surface area contributed by atoms with Gasteiger partial charge in [-0.05, 0) is 28.1 Å². The average Bonchev–Trinajstić information content (AvgIpc) is 2.35. The molecule has 1 heterocycles. The van der Waals surface area contributed by atoms with Crippen LogP contribution in [-0.2, 0) is 0 Å². The highest BCUT2D eigenvalue weighted by molar-refractivity contribution is 9.11. The Morgan fingerprint density at radius 3 is 2.75 bits per heavy atom. The monoisotopic (exact) mass is 246 g/mol. The molecule has 0 aliphatic carbocycles. The molecule has 0 bridgehead atoms. The van der Waals surface area contributed by atoms with E-state index >= 15 is 0 Å². The third-order valence-electron chi connectivity index (χ3n) is 0.952. The van der Waals surface area contributed by atoms with Crippen LogP contribution in [0, 0.1) is 0 Å². The average molecular weight is 247 g/mol. The van der Waals surface area contributed by atoms with Crippen molar-refractivity contribution in [2.24, 2.45) is 21.7 Å². The SMILES string of the molecule is NC(N)=NN=Cc1ccc(Br)s1. The number of nitrogens with two attached hydrogens (primary N) is 2. The highest BCUT2D eigenvalue weighted by Gasteiger charge is 1.91. The maximum atomic E-state index is 5.07. The molecular formula is C6H7BrN4S. The van der Waals surface area contributed by atoms with Crippen LogP contribution in [0.1, 0.15) is 4.88 Å². The number of halogens is 1. The van der Waals surface area contributed by atoms with E-state index in [-0.39, 0.29) is 5.96 Å². The number of nitrogens with zero attached hydrogens (tertiary/aromatic N) is 2. The maximum absolute atomic E-state index is 5.07.